The van der Waals surface area contributed by atoms with Crippen molar-refractivity contribution >= 4 is 11.6 Å². The molecule has 1 rings (SSSR count). The number of nitrogens with one attached hydrogen (secondary N) is 1. The first-order valence-electron chi connectivity index (χ1n) is 5.06. The summed E-state index contributed by atoms with van der Waals surface area (Å²) in [5.74, 6) is 0.0597. The zero-order valence-electron chi connectivity index (χ0n) is 9.50. The van der Waals surface area contributed by atoms with E-state index in [1.54, 1.807) is 7.05 Å². The largest absolute Gasteiger partial charge is 0.396 e. The predicted octanol–water partition coefficient (Wildman–Crippen LogP) is 0.608. The molecule has 1 aromatic rings. The summed E-state index contributed by atoms with van der Waals surface area (Å²) in [5, 5.41) is 6.88. The molecule has 0 atom stereocenters. The van der Waals surface area contributed by atoms with E-state index >= 15 is 0 Å². The highest BCUT2D eigenvalue weighted by Crippen LogP contribution is 2.15. The van der Waals surface area contributed by atoms with Crippen molar-refractivity contribution < 1.29 is 4.79 Å². The number of carbonyl (C=O) groups excluding carboxylic acids is 1. The number of nitrogens with two attached hydrogens (primary N) is 1. The zero-order valence-corrected chi connectivity index (χ0v) is 9.50. The Bertz CT molecular complexity index is 357. The number of rotatable bonds is 4. The molecule has 0 radical (unpaired) electrons. The number of carbonyl (C=O) groups is 1. The fraction of sp³-hybridized carbons (Fsp3) is 0.600. The van der Waals surface area contributed by atoms with Gasteiger partial charge in [-0.1, -0.05) is 0 Å². The van der Waals surface area contributed by atoms with E-state index in [4.69, 9.17) is 5.73 Å². The lowest BCUT2D eigenvalue weighted by Gasteiger charge is -2.03. The second-order valence-corrected chi connectivity index (χ2v) is 3.58. The second-order valence-electron chi connectivity index (χ2n) is 3.58. The highest BCUT2D eigenvalue weighted by Gasteiger charge is 2.07. The zero-order chi connectivity index (χ0) is 11.4. The molecular weight excluding hydrogens is 192 g/mol. The van der Waals surface area contributed by atoms with Crippen molar-refractivity contribution in [2.24, 2.45) is 0 Å². The maximum absolute atomic E-state index is 11.0. The summed E-state index contributed by atoms with van der Waals surface area (Å²) in [6.07, 6.45) is 1.30. The summed E-state index contributed by atoms with van der Waals surface area (Å²) in [4.78, 5) is 11.0. The molecule has 1 amide bonds. The van der Waals surface area contributed by atoms with E-state index in [1.807, 2.05) is 18.5 Å². The molecule has 15 heavy (non-hydrogen) atoms. The molecule has 3 N–H and O–H groups in total. The second kappa shape index (κ2) is 4.82. The van der Waals surface area contributed by atoms with Crippen LogP contribution in [0.25, 0.3) is 0 Å². The Kier molecular flexibility index (Phi) is 3.71. The Morgan fingerprint density at radius 3 is 2.67 bits per heavy atom. The van der Waals surface area contributed by atoms with Crippen LogP contribution in [0.15, 0.2) is 0 Å². The summed E-state index contributed by atoms with van der Waals surface area (Å²) in [5.41, 5.74) is 8.37. The van der Waals surface area contributed by atoms with Crippen LogP contribution in [0.3, 0.4) is 0 Å². The van der Waals surface area contributed by atoms with Gasteiger partial charge < -0.3 is 11.1 Å². The van der Waals surface area contributed by atoms with Gasteiger partial charge in [-0.2, -0.15) is 5.10 Å². The van der Waals surface area contributed by atoms with Gasteiger partial charge in [-0.15, -0.1) is 0 Å². The number of nitrogens with zero attached hydrogens (tertiary/aromatic N) is 2. The molecule has 0 aromatic carbocycles. The lowest BCUT2D eigenvalue weighted by Crippen LogP contribution is -2.18. The van der Waals surface area contributed by atoms with Crippen LogP contribution < -0.4 is 11.1 Å². The lowest BCUT2D eigenvalue weighted by atomic mass is 10.3. The molecule has 0 saturated heterocycles. The Labute approximate surface area is 89.6 Å². The van der Waals surface area contributed by atoms with Gasteiger partial charge in [0.25, 0.3) is 0 Å². The number of aryl methyl sites for hydroxylation is 2. The molecule has 1 heterocycles. The van der Waals surface area contributed by atoms with Gasteiger partial charge in [-0.25, -0.2) is 0 Å². The molecule has 0 aliphatic heterocycles. The molecule has 5 nitrogen and oxygen atoms in total. The van der Waals surface area contributed by atoms with Gasteiger partial charge >= 0.3 is 0 Å². The number of anilines is 1. The Hall–Kier alpha value is -1.52. The fourth-order valence-electron chi connectivity index (χ4n) is 1.44. The van der Waals surface area contributed by atoms with Gasteiger partial charge in [0.05, 0.1) is 17.1 Å². The molecule has 0 fully saturated rings. The maximum Gasteiger partial charge on any atom is 0.219 e. The first-order valence-corrected chi connectivity index (χ1v) is 5.06. The first kappa shape index (κ1) is 11.6. The number of aromatic nitrogens is 2. The van der Waals surface area contributed by atoms with Crippen molar-refractivity contribution in [2.75, 3.05) is 12.8 Å². The predicted molar refractivity (Wildman–Crippen MR) is 59.4 cm³/mol. The lowest BCUT2D eigenvalue weighted by molar-refractivity contribution is -0.120. The molecular formula is C10H18N4O. The van der Waals surface area contributed by atoms with E-state index < -0.39 is 0 Å². The van der Waals surface area contributed by atoms with E-state index in [-0.39, 0.29) is 5.91 Å². The van der Waals surface area contributed by atoms with E-state index in [0.717, 1.165) is 30.0 Å². The van der Waals surface area contributed by atoms with E-state index in [2.05, 4.69) is 10.4 Å². The van der Waals surface area contributed by atoms with Gasteiger partial charge in [0.2, 0.25) is 5.91 Å². The van der Waals surface area contributed by atoms with E-state index in [0.29, 0.717) is 6.42 Å². The summed E-state index contributed by atoms with van der Waals surface area (Å²) >= 11 is 0. The minimum Gasteiger partial charge on any atom is -0.396 e. The van der Waals surface area contributed by atoms with Gasteiger partial charge in [0.15, 0.2) is 0 Å². The molecule has 0 bridgehead atoms. The summed E-state index contributed by atoms with van der Waals surface area (Å²) in [6.45, 7) is 4.56. The van der Waals surface area contributed by atoms with Crippen molar-refractivity contribution in [1.29, 1.82) is 0 Å². The van der Waals surface area contributed by atoms with Gasteiger partial charge in [0, 0.05) is 20.0 Å². The van der Waals surface area contributed by atoms with Gasteiger partial charge in [-0.3, -0.25) is 9.48 Å². The van der Waals surface area contributed by atoms with Crippen molar-refractivity contribution in [3.63, 3.8) is 0 Å². The molecule has 0 saturated carbocycles. The third-order valence-corrected chi connectivity index (χ3v) is 2.49. The van der Waals surface area contributed by atoms with Crippen LogP contribution in [0.1, 0.15) is 24.2 Å². The Morgan fingerprint density at radius 2 is 2.20 bits per heavy atom. The van der Waals surface area contributed by atoms with Crippen molar-refractivity contribution in [3.8, 4) is 0 Å². The number of amides is 1. The molecule has 0 aliphatic rings. The summed E-state index contributed by atoms with van der Waals surface area (Å²) in [7, 11) is 1.64. The average Bonchev–Trinajstić information content (AvgIpc) is 2.46. The normalized spacial score (nSPS) is 10.3. The van der Waals surface area contributed by atoms with Crippen LogP contribution in [-0.4, -0.2) is 22.7 Å². The molecule has 84 valence electrons. The van der Waals surface area contributed by atoms with Crippen molar-refractivity contribution in [1.82, 2.24) is 15.1 Å². The van der Waals surface area contributed by atoms with Crippen LogP contribution in [0, 0.1) is 13.8 Å². The average molecular weight is 210 g/mol. The van der Waals surface area contributed by atoms with Crippen molar-refractivity contribution in [3.05, 3.63) is 11.4 Å². The summed E-state index contributed by atoms with van der Waals surface area (Å²) < 4.78 is 1.85. The topological polar surface area (TPSA) is 72.9 Å². The first-order chi connectivity index (χ1) is 7.06. The van der Waals surface area contributed by atoms with E-state index in [9.17, 15) is 4.79 Å². The van der Waals surface area contributed by atoms with Crippen molar-refractivity contribution in [2.45, 2.75) is 33.2 Å². The van der Waals surface area contributed by atoms with E-state index in [1.165, 1.54) is 0 Å². The standard InChI is InChI=1S/C10H18N4O/c1-7-10(11)8(2)14(13-7)6-4-5-9(15)12-3/h4-6,11H2,1-3H3,(H,12,15). The fourth-order valence-corrected chi connectivity index (χ4v) is 1.44. The number of hydrogen-bond acceptors (Lipinski definition) is 3. The Morgan fingerprint density at radius 1 is 1.53 bits per heavy atom. The smallest absolute Gasteiger partial charge is 0.219 e. The van der Waals surface area contributed by atoms with Crippen LogP contribution in [0.4, 0.5) is 5.69 Å². The third kappa shape index (κ3) is 2.71. The van der Waals surface area contributed by atoms with Crippen LogP contribution in [0.2, 0.25) is 0 Å². The molecule has 0 spiro atoms. The van der Waals surface area contributed by atoms with Gasteiger partial charge in [-0.05, 0) is 20.3 Å². The van der Waals surface area contributed by atoms with Gasteiger partial charge in [0.1, 0.15) is 0 Å². The molecule has 1 aromatic heterocycles. The summed E-state index contributed by atoms with van der Waals surface area (Å²) in [6, 6.07) is 0. The number of nitrogen functional groups attached to an aromatic ring is 1. The minimum absolute atomic E-state index is 0.0597. The third-order valence-electron chi connectivity index (χ3n) is 2.49. The van der Waals surface area contributed by atoms with Crippen LogP contribution in [-0.2, 0) is 11.3 Å². The highest BCUT2D eigenvalue weighted by molar-refractivity contribution is 5.75. The van der Waals surface area contributed by atoms with Crippen LogP contribution in [0.5, 0.6) is 0 Å². The quantitative estimate of drug-likeness (QED) is 0.764. The van der Waals surface area contributed by atoms with Crippen LogP contribution >= 0.6 is 0 Å². The SMILES string of the molecule is CNC(=O)CCCn1nc(C)c(N)c1C. The molecule has 0 unspecified atom stereocenters. The highest BCUT2D eigenvalue weighted by atomic mass is 16.1. The Balaban J connectivity index is 2.51. The maximum atomic E-state index is 11.0. The molecule has 0 aliphatic carbocycles. The monoisotopic (exact) mass is 210 g/mol. The minimum atomic E-state index is 0.0597. The number of hydrogen-bond donors (Lipinski definition) is 2. The molecule has 5 heteroatoms.